The zero-order chi connectivity index (χ0) is 13.2. The van der Waals surface area contributed by atoms with E-state index in [1.54, 1.807) is 6.20 Å². The van der Waals surface area contributed by atoms with Crippen molar-refractivity contribution in [3.05, 3.63) is 53.1 Å². The molecular weight excluding hydrogens is 306 g/mol. The largest absolute Gasteiger partial charge is 0.437 e. The molecule has 2 aromatic carbocycles. The van der Waals surface area contributed by atoms with Gasteiger partial charge in [0.25, 0.3) is 0 Å². The molecule has 0 aliphatic carbocycles. The Morgan fingerprint density at radius 3 is 2.74 bits per heavy atom. The van der Waals surface area contributed by atoms with Crippen molar-refractivity contribution in [1.29, 1.82) is 0 Å². The molecule has 0 aliphatic heterocycles. The third-order valence-electron chi connectivity index (χ3n) is 2.69. The molecular formula is C14H10BrN3O. The van der Waals surface area contributed by atoms with Crippen molar-refractivity contribution in [3.8, 4) is 11.6 Å². The second-order valence-corrected chi connectivity index (χ2v) is 4.81. The van der Waals surface area contributed by atoms with Crippen LogP contribution in [0.1, 0.15) is 0 Å². The van der Waals surface area contributed by atoms with E-state index in [0.29, 0.717) is 10.4 Å². The van der Waals surface area contributed by atoms with Crippen LogP contribution in [0.2, 0.25) is 0 Å². The average Bonchev–Trinajstić information content (AvgIpc) is 2.43. The standard InChI is InChI=1S/C14H10BrN3O/c15-11-8-17-14(16)18-13(11)19-12-7-3-5-9-4-1-2-6-10(9)12/h1-8H,(H2,16,17,18). The van der Waals surface area contributed by atoms with E-state index in [-0.39, 0.29) is 5.95 Å². The molecule has 0 radical (unpaired) electrons. The number of hydrogen-bond donors (Lipinski definition) is 1. The van der Waals surface area contributed by atoms with Gasteiger partial charge in [-0.1, -0.05) is 36.4 Å². The molecule has 19 heavy (non-hydrogen) atoms. The summed E-state index contributed by atoms with van der Waals surface area (Å²) in [5.74, 6) is 1.32. The molecule has 0 bridgehead atoms. The lowest BCUT2D eigenvalue weighted by Gasteiger charge is -2.09. The van der Waals surface area contributed by atoms with Gasteiger partial charge in [-0.25, -0.2) is 4.98 Å². The minimum absolute atomic E-state index is 0.179. The molecule has 0 fully saturated rings. The van der Waals surface area contributed by atoms with E-state index in [1.807, 2.05) is 42.5 Å². The van der Waals surface area contributed by atoms with Gasteiger partial charge < -0.3 is 10.5 Å². The Hall–Kier alpha value is -2.14. The van der Waals surface area contributed by atoms with E-state index in [4.69, 9.17) is 10.5 Å². The van der Waals surface area contributed by atoms with Crippen LogP contribution in [0.3, 0.4) is 0 Å². The van der Waals surface area contributed by atoms with Gasteiger partial charge in [0.2, 0.25) is 11.8 Å². The Morgan fingerprint density at radius 2 is 1.84 bits per heavy atom. The minimum atomic E-state index is 0.179. The van der Waals surface area contributed by atoms with Crippen molar-refractivity contribution in [3.63, 3.8) is 0 Å². The van der Waals surface area contributed by atoms with E-state index in [2.05, 4.69) is 25.9 Å². The number of halogens is 1. The van der Waals surface area contributed by atoms with Gasteiger partial charge in [0.05, 0.1) is 10.7 Å². The molecule has 0 aliphatic rings. The van der Waals surface area contributed by atoms with Gasteiger partial charge in [-0.2, -0.15) is 4.98 Å². The van der Waals surface area contributed by atoms with Gasteiger partial charge in [-0.3, -0.25) is 0 Å². The smallest absolute Gasteiger partial charge is 0.238 e. The van der Waals surface area contributed by atoms with Crippen molar-refractivity contribution < 1.29 is 4.74 Å². The van der Waals surface area contributed by atoms with Crippen LogP contribution in [0.4, 0.5) is 5.95 Å². The number of hydrogen-bond acceptors (Lipinski definition) is 4. The number of anilines is 1. The van der Waals surface area contributed by atoms with Crippen molar-refractivity contribution in [2.75, 3.05) is 5.73 Å². The van der Waals surface area contributed by atoms with Crippen LogP contribution in [-0.2, 0) is 0 Å². The first-order valence-electron chi connectivity index (χ1n) is 5.67. The highest BCUT2D eigenvalue weighted by atomic mass is 79.9. The number of nitrogens with zero attached hydrogens (tertiary/aromatic N) is 2. The number of ether oxygens (including phenoxy) is 1. The number of aromatic nitrogens is 2. The first-order valence-corrected chi connectivity index (χ1v) is 6.47. The first kappa shape index (κ1) is 11.9. The predicted octanol–water partition coefficient (Wildman–Crippen LogP) is 3.77. The quantitative estimate of drug-likeness (QED) is 0.782. The molecule has 1 heterocycles. The summed E-state index contributed by atoms with van der Waals surface area (Å²) in [5, 5.41) is 2.13. The maximum Gasteiger partial charge on any atom is 0.238 e. The predicted molar refractivity (Wildman–Crippen MR) is 78.2 cm³/mol. The third kappa shape index (κ3) is 2.37. The minimum Gasteiger partial charge on any atom is -0.437 e. The highest BCUT2D eigenvalue weighted by Crippen LogP contribution is 2.32. The summed E-state index contributed by atoms with van der Waals surface area (Å²) in [5.41, 5.74) is 5.57. The fourth-order valence-corrected chi connectivity index (χ4v) is 2.10. The van der Waals surface area contributed by atoms with Gasteiger partial charge in [0.1, 0.15) is 5.75 Å². The van der Waals surface area contributed by atoms with Crippen LogP contribution in [-0.4, -0.2) is 9.97 Å². The summed E-state index contributed by atoms with van der Waals surface area (Å²) in [7, 11) is 0. The molecule has 94 valence electrons. The second kappa shape index (κ2) is 4.85. The van der Waals surface area contributed by atoms with E-state index < -0.39 is 0 Å². The number of fused-ring (bicyclic) bond motifs is 1. The third-order valence-corrected chi connectivity index (χ3v) is 3.23. The van der Waals surface area contributed by atoms with Crippen molar-refractivity contribution in [1.82, 2.24) is 9.97 Å². The monoisotopic (exact) mass is 315 g/mol. The van der Waals surface area contributed by atoms with E-state index >= 15 is 0 Å². The maximum atomic E-state index is 5.83. The summed E-state index contributed by atoms with van der Waals surface area (Å²) < 4.78 is 6.49. The SMILES string of the molecule is Nc1ncc(Br)c(Oc2cccc3ccccc23)n1. The Kier molecular flexibility index (Phi) is 3.05. The summed E-state index contributed by atoms with van der Waals surface area (Å²) in [4.78, 5) is 7.96. The molecule has 0 amide bonds. The Bertz CT molecular complexity index is 740. The topological polar surface area (TPSA) is 61.0 Å². The molecule has 0 saturated heterocycles. The van der Waals surface area contributed by atoms with Gasteiger partial charge in [0.15, 0.2) is 0 Å². The van der Waals surface area contributed by atoms with E-state index in [9.17, 15) is 0 Å². The lowest BCUT2D eigenvalue weighted by Crippen LogP contribution is -1.97. The average molecular weight is 316 g/mol. The number of nitrogens with two attached hydrogens (primary N) is 1. The van der Waals surface area contributed by atoms with Gasteiger partial charge in [0, 0.05) is 5.39 Å². The zero-order valence-corrected chi connectivity index (χ0v) is 11.5. The lowest BCUT2D eigenvalue weighted by molar-refractivity contribution is 0.464. The molecule has 3 aromatic rings. The second-order valence-electron chi connectivity index (χ2n) is 3.96. The van der Waals surface area contributed by atoms with Crippen LogP contribution < -0.4 is 10.5 Å². The van der Waals surface area contributed by atoms with Crippen molar-refractivity contribution in [2.45, 2.75) is 0 Å². The highest BCUT2D eigenvalue weighted by molar-refractivity contribution is 9.10. The van der Waals surface area contributed by atoms with Crippen LogP contribution in [0.15, 0.2) is 53.1 Å². The molecule has 3 rings (SSSR count). The Morgan fingerprint density at radius 1 is 1.05 bits per heavy atom. The summed E-state index contributed by atoms with van der Waals surface area (Å²) >= 11 is 3.35. The van der Waals surface area contributed by atoms with Crippen LogP contribution in [0.5, 0.6) is 11.6 Å². The van der Waals surface area contributed by atoms with E-state index in [0.717, 1.165) is 16.5 Å². The highest BCUT2D eigenvalue weighted by Gasteiger charge is 2.08. The molecule has 1 aromatic heterocycles. The molecule has 0 unspecified atom stereocenters. The van der Waals surface area contributed by atoms with Crippen molar-refractivity contribution in [2.24, 2.45) is 0 Å². The fourth-order valence-electron chi connectivity index (χ4n) is 1.82. The molecule has 0 atom stereocenters. The van der Waals surface area contributed by atoms with Crippen LogP contribution >= 0.6 is 15.9 Å². The molecule has 0 spiro atoms. The normalized spacial score (nSPS) is 10.6. The van der Waals surface area contributed by atoms with Gasteiger partial charge in [-0.05, 0) is 27.4 Å². The van der Waals surface area contributed by atoms with Crippen molar-refractivity contribution >= 4 is 32.7 Å². The summed E-state index contributed by atoms with van der Waals surface area (Å²) in [6.45, 7) is 0. The Balaban J connectivity index is 2.08. The molecule has 2 N–H and O–H groups in total. The summed E-state index contributed by atoms with van der Waals surface area (Å²) in [6, 6.07) is 13.9. The van der Waals surface area contributed by atoms with Gasteiger partial charge >= 0.3 is 0 Å². The molecule has 0 saturated carbocycles. The maximum absolute atomic E-state index is 5.83. The van der Waals surface area contributed by atoms with Crippen LogP contribution in [0, 0.1) is 0 Å². The fraction of sp³-hybridized carbons (Fsp3) is 0. The van der Waals surface area contributed by atoms with Gasteiger partial charge in [-0.15, -0.1) is 0 Å². The number of rotatable bonds is 2. The lowest BCUT2D eigenvalue weighted by atomic mass is 10.1. The molecule has 4 nitrogen and oxygen atoms in total. The number of benzene rings is 2. The van der Waals surface area contributed by atoms with Crippen LogP contribution in [0.25, 0.3) is 10.8 Å². The number of nitrogen functional groups attached to an aromatic ring is 1. The zero-order valence-electron chi connectivity index (χ0n) is 9.88. The Labute approximate surface area is 118 Å². The van der Waals surface area contributed by atoms with E-state index in [1.165, 1.54) is 0 Å². The summed E-state index contributed by atoms with van der Waals surface area (Å²) in [6.07, 6.45) is 1.57. The molecule has 5 heteroatoms. The first-order chi connectivity index (χ1) is 9.24.